The van der Waals surface area contributed by atoms with Crippen LogP contribution in [-0.4, -0.2) is 22.1 Å². The van der Waals surface area contributed by atoms with Crippen LogP contribution < -0.4 is 0 Å². The van der Waals surface area contributed by atoms with Crippen LogP contribution >= 0.6 is 0 Å². The molecule has 22 heavy (non-hydrogen) atoms. The molecule has 1 aromatic carbocycles. The van der Waals surface area contributed by atoms with Crippen LogP contribution in [0, 0.1) is 6.92 Å². The van der Waals surface area contributed by atoms with Crippen molar-refractivity contribution in [1.82, 2.24) is 15.1 Å². The smallest absolute Gasteiger partial charge is 0.233 e. The van der Waals surface area contributed by atoms with E-state index < -0.39 is 0 Å². The fourth-order valence-electron chi connectivity index (χ4n) is 2.66. The predicted octanol–water partition coefficient (Wildman–Crippen LogP) is 3.88. The summed E-state index contributed by atoms with van der Waals surface area (Å²) in [6, 6.07) is 8.24. The van der Waals surface area contributed by atoms with Gasteiger partial charge in [0.25, 0.3) is 0 Å². The molecule has 5 heteroatoms. The van der Waals surface area contributed by atoms with Gasteiger partial charge in [-0.25, -0.2) is 0 Å². The first-order chi connectivity index (χ1) is 10.6. The Morgan fingerprint density at radius 1 is 1.18 bits per heavy atom. The van der Waals surface area contributed by atoms with Crippen molar-refractivity contribution in [3.8, 4) is 0 Å². The van der Waals surface area contributed by atoms with E-state index >= 15 is 0 Å². The maximum Gasteiger partial charge on any atom is 0.233 e. The number of furan rings is 1. The monoisotopic (exact) mass is 299 g/mol. The number of rotatable bonds is 5. The Labute approximate surface area is 129 Å². The number of hydrogen-bond acceptors (Lipinski definition) is 5. The molecule has 3 rings (SSSR count). The molecule has 0 bridgehead atoms. The van der Waals surface area contributed by atoms with Gasteiger partial charge >= 0.3 is 0 Å². The SMILES string of the molecule is CCc1oc2ccccc2c1CN(C)[C@H](C)c1nnc(C)o1. The highest BCUT2D eigenvalue weighted by molar-refractivity contribution is 5.82. The van der Waals surface area contributed by atoms with E-state index in [2.05, 4.69) is 42.1 Å². The first-order valence-electron chi connectivity index (χ1n) is 7.59. The van der Waals surface area contributed by atoms with Gasteiger partial charge < -0.3 is 8.83 Å². The molecule has 0 spiro atoms. The molecule has 0 saturated carbocycles. The van der Waals surface area contributed by atoms with Crippen molar-refractivity contribution in [2.75, 3.05) is 7.05 Å². The van der Waals surface area contributed by atoms with E-state index in [1.165, 1.54) is 10.9 Å². The van der Waals surface area contributed by atoms with Crippen molar-refractivity contribution in [2.24, 2.45) is 0 Å². The van der Waals surface area contributed by atoms with Crippen molar-refractivity contribution >= 4 is 11.0 Å². The van der Waals surface area contributed by atoms with Gasteiger partial charge in [0.1, 0.15) is 11.3 Å². The Bertz CT molecular complexity index is 775. The summed E-state index contributed by atoms with van der Waals surface area (Å²) < 4.78 is 11.5. The summed E-state index contributed by atoms with van der Waals surface area (Å²) >= 11 is 0. The molecule has 0 N–H and O–H groups in total. The van der Waals surface area contributed by atoms with E-state index in [4.69, 9.17) is 8.83 Å². The van der Waals surface area contributed by atoms with Gasteiger partial charge in [-0.2, -0.15) is 0 Å². The van der Waals surface area contributed by atoms with Gasteiger partial charge in [0, 0.05) is 30.8 Å². The van der Waals surface area contributed by atoms with E-state index in [9.17, 15) is 0 Å². The Morgan fingerprint density at radius 2 is 1.95 bits per heavy atom. The van der Waals surface area contributed by atoms with Gasteiger partial charge in [0.2, 0.25) is 11.8 Å². The van der Waals surface area contributed by atoms with Gasteiger partial charge in [-0.1, -0.05) is 25.1 Å². The molecule has 5 nitrogen and oxygen atoms in total. The van der Waals surface area contributed by atoms with Crippen molar-refractivity contribution in [3.63, 3.8) is 0 Å². The van der Waals surface area contributed by atoms with E-state index in [1.807, 2.05) is 25.1 Å². The maximum atomic E-state index is 5.96. The van der Waals surface area contributed by atoms with E-state index in [1.54, 1.807) is 0 Å². The molecule has 0 unspecified atom stereocenters. The van der Waals surface area contributed by atoms with E-state index in [0.717, 1.165) is 24.3 Å². The molecule has 0 aliphatic carbocycles. The highest BCUT2D eigenvalue weighted by Crippen LogP contribution is 2.29. The van der Waals surface area contributed by atoms with Gasteiger partial charge in [-0.05, 0) is 20.0 Å². The molecule has 0 radical (unpaired) electrons. The first kappa shape index (κ1) is 14.8. The van der Waals surface area contributed by atoms with Crippen molar-refractivity contribution in [3.05, 3.63) is 47.4 Å². The van der Waals surface area contributed by atoms with Crippen LogP contribution in [0.3, 0.4) is 0 Å². The molecule has 1 atom stereocenters. The minimum atomic E-state index is 0.0552. The number of aromatic nitrogens is 2. The summed E-state index contributed by atoms with van der Waals surface area (Å²) in [5.74, 6) is 2.28. The fourth-order valence-corrected chi connectivity index (χ4v) is 2.66. The highest BCUT2D eigenvalue weighted by atomic mass is 16.4. The molecule has 2 heterocycles. The number of benzene rings is 1. The molecule has 0 saturated heterocycles. The van der Waals surface area contributed by atoms with Crippen LogP contribution in [0.4, 0.5) is 0 Å². The molecule has 116 valence electrons. The Balaban J connectivity index is 1.88. The topological polar surface area (TPSA) is 55.3 Å². The summed E-state index contributed by atoms with van der Waals surface area (Å²) in [5, 5.41) is 9.21. The van der Waals surface area contributed by atoms with Crippen LogP contribution in [0.15, 0.2) is 33.1 Å². The van der Waals surface area contributed by atoms with Crippen molar-refractivity contribution in [1.29, 1.82) is 0 Å². The molecule has 0 aliphatic rings. The van der Waals surface area contributed by atoms with Crippen molar-refractivity contribution in [2.45, 2.75) is 39.8 Å². The van der Waals surface area contributed by atoms with Crippen LogP contribution in [-0.2, 0) is 13.0 Å². The van der Waals surface area contributed by atoms with Gasteiger partial charge in [0.15, 0.2) is 0 Å². The van der Waals surface area contributed by atoms with Gasteiger partial charge in [0.05, 0.1) is 6.04 Å². The molecule has 0 amide bonds. The second-order valence-corrected chi connectivity index (χ2v) is 5.60. The predicted molar refractivity (Wildman–Crippen MR) is 84.5 cm³/mol. The average Bonchev–Trinajstić information content (AvgIpc) is 3.10. The van der Waals surface area contributed by atoms with Crippen LogP contribution in [0.2, 0.25) is 0 Å². The Hall–Kier alpha value is -2.14. The minimum Gasteiger partial charge on any atom is -0.461 e. The lowest BCUT2D eigenvalue weighted by molar-refractivity contribution is 0.214. The second kappa shape index (κ2) is 5.93. The van der Waals surface area contributed by atoms with Crippen LogP contribution in [0.5, 0.6) is 0 Å². The largest absolute Gasteiger partial charge is 0.461 e. The normalized spacial score (nSPS) is 13.1. The summed E-state index contributed by atoms with van der Waals surface area (Å²) in [5.41, 5.74) is 2.19. The Kier molecular flexibility index (Phi) is 3.98. The van der Waals surface area contributed by atoms with Crippen molar-refractivity contribution < 1.29 is 8.83 Å². The lowest BCUT2D eigenvalue weighted by atomic mass is 10.1. The van der Waals surface area contributed by atoms with Crippen LogP contribution in [0.1, 0.15) is 43.0 Å². The number of hydrogen-bond donors (Lipinski definition) is 0. The molecular weight excluding hydrogens is 278 g/mol. The van der Waals surface area contributed by atoms with E-state index in [-0.39, 0.29) is 6.04 Å². The quantitative estimate of drug-likeness (QED) is 0.715. The number of aryl methyl sites for hydroxylation is 2. The number of nitrogens with zero attached hydrogens (tertiary/aromatic N) is 3. The standard InChI is InChI=1S/C17H21N3O2/c1-5-15-14(13-8-6-7-9-16(13)22-15)10-20(4)11(2)17-19-18-12(3)21-17/h6-9,11H,5,10H2,1-4H3/t11-/m1/s1. The van der Waals surface area contributed by atoms with E-state index in [0.29, 0.717) is 11.8 Å². The molecule has 0 aliphatic heterocycles. The summed E-state index contributed by atoms with van der Waals surface area (Å²) in [7, 11) is 2.06. The van der Waals surface area contributed by atoms with Gasteiger partial charge in [-0.15, -0.1) is 10.2 Å². The first-order valence-corrected chi connectivity index (χ1v) is 7.59. The third-order valence-corrected chi connectivity index (χ3v) is 4.07. The highest BCUT2D eigenvalue weighted by Gasteiger charge is 2.21. The lowest BCUT2D eigenvalue weighted by Crippen LogP contribution is -2.22. The maximum absolute atomic E-state index is 5.96. The summed E-state index contributed by atoms with van der Waals surface area (Å²) in [6.45, 7) is 6.78. The minimum absolute atomic E-state index is 0.0552. The van der Waals surface area contributed by atoms with Gasteiger partial charge in [-0.3, -0.25) is 4.90 Å². The number of para-hydroxylation sites is 1. The van der Waals surface area contributed by atoms with Crippen LogP contribution in [0.25, 0.3) is 11.0 Å². The fraction of sp³-hybridized carbons (Fsp3) is 0.412. The summed E-state index contributed by atoms with van der Waals surface area (Å²) in [6.07, 6.45) is 0.881. The molecule has 3 aromatic rings. The third-order valence-electron chi connectivity index (χ3n) is 4.07. The summed E-state index contributed by atoms with van der Waals surface area (Å²) in [4.78, 5) is 2.20. The Morgan fingerprint density at radius 3 is 2.64 bits per heavy atom. The molecular formula is C17H21N3O2. The lowest BCUT2D eigenvalue weighted by Gasteiger charge is -2.21. The zero-order valence-corrected chi connectivity index (χ0v) is 13.5. The molecule has 0 fully saturated rings. The zero-order valence-electron chi connectivity index (χ0n) is 13.5. The zero-order chi connectivity index (χ0) is 15.7. The molecule has 2 aromatic heterocycles. The number of fused-ring (bicyclic) bond motifs is 1. The third kappa shape index (κ3) is 2.64. The second-order valence-electron chi connectivity index (χ2n) is 5.60. The average molecular weight is 299 g/mol.